The zero-order valence-corrected chi connectivity index (χ0v) is 16.7. The highest BCUT2D eigenvalue weighted by Crippen LogP contribution is 2.18. The molecule has 6 nitrogen and oxygen atoms in total. The average Bonchev–Trinajstić information content (AvgIpc) is 3.15. The van der Waals surface area contributed by atoms with Crippen molar-refractivity contribution in [2.45, 2.75) is 19.9 Å². The number of rotatable bonds is 8. The van der Waals surface area contributed by atoms with E-state index in [-0.39, 0.29) is 0 Å². The smallest absolute Gasteiger partial charge is 0.224 e. The number of methoxy groups -OCH3 is 1. The summed E-state index contributed by atoms with van der Waals surface area (Å²) in [7, 11) is 1.67. The lowest BCUT2D eigenvalue weighted by atomic mass is 10.1. The molecular weight excluding hydrogens is 362 g/mol. The summed E-state index contributed by atoms with van der Waals surface area (Å²) in [5, 5.41) is 7.99. The molecule has 0 bridgehead atoms. The van der Waals surface area contributed by atoms with Crippen molar-refractivity contribution in [3.63, 3.8) is 0 Å². The number of H-pyrrole nitrogens is 1. The molecule has 0 radical (unpaired) electrons. The number of anilines is 2. The van der Waals surface area contributed by atoms with Gasteiger partial charge in [-0.3, -0.25) is 0 Å². The molecular formula is C23H25N5O. The lowest BCUT2D eigenvalue weighted by molar-refractivity contribution is 0.414. The zero-order chi connectivity index (χ0) is 20.1. The van der Waals surface area contributed by atoms with Crippen LogP contribution < -0.4 is 15.4 Å². The molecule has 0 saturated heterocycles. The van der Waals surface area contributed by atoms with Gasteiger partial charge in [0.25, 0.3) is 0 Å². The Morgan fingerprint density at radius 2 is 1.83 bits per heavy atom. The second-order valence-electron chi connectivity index (χ2n) is 6.96. The highest BCUT2D eigenvalue weighted by molar-refractivity contribution is 5.83. The number of fused-ring (bicyclic) bond motifs is 1. The SMILES string of the molecule is COc1ccc(CNc2cc(C)nc(NCCc3c[nH]c4ccccc34)n2)cc1. The first-order valence-corrected chi connectivity index (χ1v) is 9.72. The average molecular weight is 387 g/mol. The van der Waals surface area contributed by atoms with E-state index < -0.39 is 0 Å². The van der Waals surface area contributed by atoms with Crippen molar-refractivity contribution in [2.24, 2.45) is 0 Å². The van der Waals surface area contributed by atoms with Gasteiger partial charge in [-0.15, -0.1) is 0 Å². The van der Waals surface area contributed by atoms with Gasteiger partial charge in [-0.1, -0.05) is 30.3 Å². The van der Waals surface area contributed by atoms with E-state index >= 15 is 0 Å². The Bertz CT molecular complexity index is 1090. The number of ether oxygens (including phenoxy) is 1. The van der Waals surface area contributed by atoms with Crippen LogP contribution in [0.1, 0.15) is 16.8 Å². The van der Waals surface area contributed by atoms with Crippen molar-refractivity contribution >= 4 is 22.7 Å². The minimum absolute atomic E-state index is 0.641. The molecule has 0 amide bonds. The molecule has 0 atom stereocenters. The summed E-state index contributed by atoms with van der Waals surface area (Å²) >= 11 is 0. The van der Waals surface area contributed by atoms with Gasteiger partial charge >= 0.3 is 0 Å². The molecule has 0 unspecified atom stereocenters. The zero-order valence-electron chi connectivity index (χ0n) is 16.7. The summed E-state index contributed by atoms with van der Waals surface area (Å²) in [5.74, 6) is 2.30. The number of nitrogens with one attached hydrogen (secondary N) is 3. The molecule has 148 valence electrons. The Kier molecular flexibility index (Phi) is 5.61. The number of aryl methyl sites for hydroxylation is 1. The van der Waals surface area contributed by atoms with Crippen LogP contribution in [0, 0.1) is 6.92 Å². The Morgan fingerprint density at radius 1 is 1.00 bits per heavy atom. The Hall–Kier alpha value is -3.54. The van der Waals surface area contributed by atoms with Gasteiger partial charge in [0.1, 0.15) is 11.6 Å². The molecule has 0 fully saturated rings. The summed E-state index contributed by atoms with van der Waals surface area (Å²) in [6, 6.07) is 18.3. The van der Waals surface area contributed by atoms with Crippen LogP contribution in [0.5, 0.6) is 5.75 Å². The summed E-state index contributed by atoms with van der Waals surface area (Å²) < 4.78 is 5.20. The minimum atomic E-state index is 0.641. The van der Waals surface area contributed by atoms with E-state index in [1.165, 1.54) is 16.5 Å². The van der Waals surface area contributed by atoms with Gasteiger partial charge in [-0.25, -0.2) is 4.98 Å². The van der Waals surface area contributed by atoms with Gasteiger partial charge in [0.2, 0.25) is 5.95 Å². The van der Waals surface area contributed by atoms with Gasteiger partial charge < -0.3 is 20.4 Å². The van der Waals surface area contributed by atoms with Gasteiger partial charge in [-0.05, 0) is 42.7 Å². The van der Waals surface area contributed by atoms with E-state index in [4.69, 9.17) is 4.74 Å². The number of benzene rings is 2. The standard InChI is InChI=1S/C23H25N5O/c1-16-13-22(26-14-17-7-9-19(29-2)10-8-17)28-23(27-16)24-12-11-18-15-25-21-6-4-3-5-20(18)21/h3-10,13,15,25H,11-12,14H2,1-2H3,(H2,24,26,27,28). The second-order valence-corrected chi connectivity index (χ2v) is 6.96. The first-order chi connectivity index (χ1) is 14.2. The lowest BCUT2D eigenvalue weighted by Crippen LogP contribution is -2.10. The van der Waals surface area contributed by atoms with Crippen LogP contribution in [-0.4, -0.2) is 28.6 Å². The Balaban J connectivity index is 1.36. The van der Waals surface area contributed by atoms with E-state index in [1.807, 2.05) is 43.3 Å². The molecule has 0 aliphatic heterocycles. The molecule has 2 heterocycles. The van der Waals surface area contributed by atoms with Crippen molar-refractivity contribution < 1.29 is 4.74 Å². The fourth-order valence-corrected chi connectivity index (χ4v) is 3.32. The van der Waals surface area contributed by atoms with Crippen molar-refractivity contribution in [1.29, 1.82) is 0 Å². The van der Waals surface area contributed by atoms with Crippen LogP contribution in [-0.2, 0) is 13.0 Å². The van der Waals surface area contributed by atoms with Gasteiger partial charge in [0.05, 0.1) is 7.11 Å². The molecule has 4 aromatic rings. The van der Waals surface area contributed by atoms with Crippen molar-refractivity contribution in [2.75, 3.05) is 24.3 Å². The maximum absolute atomic E-state index is 5.20. The predicted octanol–water partition coefficient (Wildman–Crippen LogP) is 4.54. The maximum atomic E-state index is 5.20. The topological polar surface area (TPSA) is 74.9 Å². The van der Waals surface area contributed by atoms with Gasteiger partial charge in [0, 0.05) is 41.9 Å². The van der Waals surface area contributed by atoms with Crippen LogP contribution in [0.4, 0.5) is 11.8 Å². The largest absolute Gasteiger partial charge is 0.497 e. The fourth-order valence-electron chi connectivity index (χ4n) is 3.32. The number of hydrogen-bond donors (Lipinski definition) is 3. The number of nitrogens with zero attached hydrogens (tertiary/aromatic N) is 2. The molecule has 0 saturated carbocycles. The van der Waals surface area contributed by atoms with Crippen LogP contribution in [0.15, 0.2) is 60.8 Å². The maximum Gasteiger partial charge on any atom is 0.224 e. The third-order valence-electron chi connectivity index (χ3n) is 4.84. The molecule has 2 aromatic heterocycles. The number of aromatic amines is 1. The molecule has 4 rings (SSSR count). The van der Waals surface area contributed by atoms with E-state index in [1.54, 1.807) is 7.11 Å². The minimum Gasteiger partial charge on any atom is -0.497 e. The first kappa shape index (κ1) is 18.8. The lowest BCUT2D eigenvalue weighted by Gasteiger charge is -2.10. The molecule has 3 N–H and O–H groups in total. The molecule has 0 aliphatic carbocycles. The van der Waals surface area contributed by atoms with Crippen LogP contribution in [0.3, 0.4) is 0 Å². The first-order valence-electron chi connectivity index (χ1n) is 9.72. The highest BCUT2D eigenvalue weighted by Gasteiger charge is 2.05. The third-order valence-corrected chi connectivity index (χ3v) is 4.84. The summed E-state index contributed by atoms with van der Waals surface area (Å²) in [6.45, 7) is 3.43. The van der Waals surface area contributed by atoms with Crippen LogP contribution >= 0.6 is 0 Å². The third kappa shape index (κ3) is 4.66. The van der Waals surface area contributed by atoms with Gasteiger partial charge in [-0.2, -0.15) is 4.98 Å². The Labute approximate surface area is 170 Å². The van der Waals surface area contributed by atoms with E-state index in [0.29, 0.717) is 12.5 Å². The van der Waals surface area contributed by atoms with Crippen molar-refractivity contribution in [3.8, 4) is 5.75 Å². The number of hydrogen-bond acceptors (Lipinski definition) is 5. The number of para-hydroxylation sites is 1. The van der Waals surface area contributed by atoms with Crippen molar-refractivity contribution in [3.05, 3.63) is 77.6 Å². The Morgan fingerprint density at radius 3 is 2.66 bits per heavy atom. The fraction of sp³-hybridized carbons (Fsp3) is 0.217. The second kappa shape index (κ2) is 8.65. The predicted molar refractivity (Wildman–Crippen MR) is 118 cm³/mol. The molecule has 6 heteroatoms. The summed E-state index contributed by atoms with van der Waals surface area (Å²) in [5.41, 5.74) is 4.54. The quantitative estimate of drug-likeness (QED) is 0.414. The summed E-state index contributed by atoms with van der Waals surface area (Å²) in [4.78, 5) is 12.4. The van der Waals surface area contributed by atoms with E-state index in [9.17, 15) is 0 Å². The van der Waals surface area contributed by atoms with Gasteiger partial charge in [0.15, 0.2) is 0 Å². The normalized spacial score (nSPS) is 10.8. The van der Waals surface area contributed by atoms with E-state index in [2.05, 4.69) is 50.0 Å². The molecule has 0 aliphatic rings. The molecule has 0 spiro atoms. The summed E-state index contributed by atoms with van der Waals surface area (Å²) in [6.07, 6.45) is 2.97. The highest BCUT2D eigenvalue weighted by atomic mass is 16.5. The number of aromatic nitrogens is 3. The van der Waals surface area contributed by atoms with Crippen LogP contribution in [0.25, 0.3) is 10.9 Å². The molecule has 2 aromatic carbocycles. The van der Waals surface area contributed by atoms with Crippen LogP contribution in [0.2, 0.25) is 0 Å². The van der Waals surface area contributed by atoms with E-state index in [0.717, 1.165) is 35.8 Å². The monoisotopic (exact) mass is 387 g/mol. The molecule has 29 heavy (non-hydrogen) atoms. The van der Waals surface area contributed by atoms with Crippen molar-refractivity contribution in [1.82, 2.24) is 15.0 Å².